The number of aromatic amines is 1. The minimum Gasteiger partial charge on any atom is -0.462 e. The number of carbonyl (C=O) groups excluding carboxylic acids is 2. The zero-order chi connectivity index (χ0) is 27.0. The minimum atomic E-state index is -0.416. The first-order chi connectivity index (χ1) is 18.3. The highest BCUT2D eigenvalue weighted by atomic mass is 79.9. The molecule has 1 saturated carbocycles. The van der Waals surface area contributed by atoms with Gasteiger partial charge in [0.2, 0.25) is 0 Å². The summed E-state index contributed by atoms with van der Waals surface area (Å²) < 4.78 is 13.7. The third-order valence-corrected chi connectivity index (χ3v) is 9.78. The topological polar surface area (TPSA) is 115 Å². The van der Waals surface area contributed by atoms with Gasteiger partial charge in [-0.05, 0) is 60.9 Å². The maximum Gasteiger partial charge on any atom is 0.350 e. The molecule has 38 heavy (non-hydrogen) atoms. The van der Waals surface area contributed by atoms with Gasteiger partial charge in [-0.1, -0.05) is 22.9 Å². The van der Waals surface area contributed by atoms with Crippen molar-refractivity contribution in [2.75, 3.05) is 31.7 Å². The summed E-state index contributed by atoms with van der Waals surface area (Å²) in [5.41, 5.74) is 1.74. The predicted octanol–water partition coefficient (Wildman–Crippen LogP) is 5.16. The molecule has 2 aliphatic rings. The summed E-state index contributed by atoms with van der Waals surface area (Å²) in [5, 5.41) is 5.49. The summed E-state index contributed by atoms with van der Waals surface area (Å²) in [5.74, 6) is 0.735. The number of esters is 1. The van der Waals surface area contributed by atoms with Crippen LogP contribution in [-0.2, 0) is 16.0 Å². The van der Waals surface area contributed by atoms with Crippen LogP contribution < -0.4 is 4.90 Å². The van der Waals surface area contributed by atoms with Gasteiger partial charge in [-0.2, -0.15) is 5.10 Å². The van der Waals surface area contributed by atoms with E-state index in [1.807, 2.05) is 11.6 Å². The fourth-order valence-electron chi connectivity index (χ4n) is 4.80. The Balaban J connectivity index is 1.35. The number of Topliss-reactive ketones (excluding diaryl/α,β-unsaturated/α-hetero) is 1. The van der Waals surface area contributed by atoms with Crippen molar-refractivity contribution in [3.8, 4) is 11.5 Å². The third kappa shape index (κ3) is 5.54. The van der Waals surface area contributed by atoms with E-state index in [-0.39, 0.29) is 24.4 Å². The number of aromatic nitrogens is 5. The highest BCUT2D eigenvalue weighted by Crippen LogP contribution is 2.38. The van der Waals surface area contributed by atoms with Crippen LogP contribution in [0.3, 0.4) is 0 Å². The van der Waals surface area contributed by atoms with E-state index >= 15 is 0 Å². The van der Waals surface area contributed by atoms with Crippen LogP contribution in [0.15, 0.2) is 10.8 Å². The number of ketones is 1. The number of hydrogen-bond donors (Lipinski definition) is 1. The maximum atomic E-state index is 13.1. The van der Waals surface area contributed by atoms with Crippen LogP contribution in [-0.4, -0.2) is 69.4 Å². The monoisotopic (exact) mass is 624 g/mol. The second-order valence-electron chi connectivity index (χ2n) is 9.75. The van der Waals surface area contributed by atoms with Crippen LogP contribution in [0.5, 0.6) is 0 Å². The van der Waals surface area contributed by atoms with Gasteiger partial charge in [0.05, 0.1) is 22.2 Å². The Morgan fingerprint density at radius 3 is 2.76 bits per heavy atom. The van der Waals surface area contributed by atoms with Crippen molar-refractivity contribution in [2.24, 2.45) is 11.8 Å². The summed E-state index contributed by atoms with van der Waals surface area (Å²) in [7, 11) is 1.66. The average molecular weight is 626 g/mol. The molecule has 0 aromatic carbocycles. The second-order valence-corrected chi connectivity index (χ2v) is 11.9. The van der Waals surface area contributed by atoms with E-state index in [0.717, 1.165) is 18.7 Å². The van der Waals surface area contributed by atoms with Crippen molar-refractivity contribution in [2.45, 2.75) is 52.2 Å². The number of piperidine rings is 1. The minimum absolute atomic E-state index is 0.0211. The number of thiazole rings is 1. The van der Waals surface area contributed by atoms with Gasteiger partial charge in [0, 0.05) is 38.9 Å². The standard InChI is InChI=1S/C25H30BrClN6O4S/c1-4-37-24(35)22-21(23-28-12-29-33(23)10-14-5-6-14)31-25(38-22)32-8-7-15(17(11-32)36-3)9-16(34)20-19(27)18(26)13(2)30-20/h12,14-15,17,30H,4-11H2,1-3H3/t15-,17-/m0/s1. The number of hydrogen-bond acceptors (Lipinski definition) is 9. The van der Waals surface area contributed by atoms with E-state index in [0.29, 0.717) is 62.1 Å². The maximum absolute atomic E-state index is 13.1. The van der Waals surface area contributed by atoms with Gasteiger partial charge >= 0.3 is 5.97 Å². The van der Waals surface area contributed by atoms with Crippen LogP contribution in [0.4, 0.5) is 5.13 Å². The lowest BCUT2D eigenvalue weighted by Gasteiger charge is -2.37. The molecule has 0 amide bonds. The Hall–Kier alpha value is -2.28. The molecular formula is C25H30BrClN6O4S. The normalized spacial score (nSPS) is 19.7. The lowest BCUT2D eigenvalue weighted by atomic mass is 9.88. The van der Waals surface area contributed by atoms with Gasteiger partial charge < -0.3 is 19.4 Å². The van der Waals surface area contributed by atoms with Gasteiger partial charge in [0.25, 0.3) is 0 Å². The molecule has 5 rings (SSSR count). The van der Waals surface area contributed by atoms with Gasteiger partial charge in [-0.25, -0.2) is 19.4 Å². The first kappa shape index (κ1) is 27.3. The first-order valence-corrected chi connectivity index (χ1v) is 14.7. The van der Waals surface area contributed by atoms with Crippen molar-refractivity contribution < 1.29 is 19.1 Å². The highest BCUT2D eigenvalue weighted by molar-refractivity contribution is 9.10. The molecule has 0 spiro atoms. The number of carbonyl (C=O) groups is 2. The molecule has 4 heterocycles. The molecule has 3 aromatic rings. The van der Waals surface area contributed by atoms with E-state index in [4.69, 9.17) is 26.1 Å². The molecule has 1 saturated heterocycles. The number of rotatable bonds is 10. The number of methoxy groups -OCH3 is 1. The van der Waals surface area contributed by atoms with Crippen LogP contribution >= 0.6 is 38.9 Å². The number of nitrogens with one attached hydrogen (secondary N) is 1. The van der Waals surface area contributed by atoms with E-state index in [9.17, 15) is 9.59 Å². The number of aryl methyl sites for hydroxylation is 1. The Morgan fingerprint density at radius 1 is 1.32 bits per heavy atom. The number of ether oxygens (including phenoxy) is 2. The molecule has 0 bridgehead atoms. The molecule has 204 valence electrons. The predicted molar refractivity (Wildman–Crippen MR) is 148 cm³/mol. The molecule has 1 aliphatic carbocycles. The number of nitrogens with zero attached hydrogens (tertiary/aromatic N) is 5. The third-order valence-electron chi connectivity index (χ3n) is 7.08. The molecule has 13 heteroatoms. The van der Waals surface area contributed by atoms with Crippen molar-refractivity contribution >= 4 is 55.8 Å². The van der Waals surface area contributed by atoms with Crippen molar-refractivity contribution in [3.63, 3.8) is 0 Å². The van der Waals surface area contributed by atoms with E-state index in [2.05, 4.69) is 35.9 Å². The summed E-state index contributed by atoms with van der Waals surface area (Å²) in [6.45, 7) is 5.89. The first-order valence-electron chi connectivity index (χ1n) is 12.7. The largest absolute Gasteiger partial charge is 0.462 e. The fourth-order valence-corrected chi connectivity index (χ4v) is 6.38. The molecule has 2 fully saturated rings. The van der Waals surface area contributed by atoms with Crippen LogP contribution in [0.25, 0.3) is 11.5 Å². The zero-order valence-electron chi connectivity index (χ0n) is 21.5. The Kier molecular flexibility index (Phi) is 8.22. The van der Waals surface area contributed by atoms with Gasteiger partial charge in [-0.15, -0.1) is 0 Å². The van der Waals surface area contributed by atoms with Crippen molar-refractivity contribution in [3.05, 3.63) is 32.1 Å². The molecule has 0 radical (unpaired) electrons. The van der Waals surface area contributed by atoms with Crippen LogP contribution in [0.2, 0.25) is 5.02 Å². The Morgan fingerprint density at radius 2 is 2.11 bits per heavy atom. The quantitative estimate of drug-likeness (QED) is 0.243. The summed E-state index contributed by atoms with van der Waals surface area (Å²) in [6, 6.07) is 0. The van der Waals surface area contributed by atoms with Crippen LogP contribution in [0, 0.1) is 18.8 Å². The second kappa shape index (κ2) is 11.4. The summed E-state index contributed by atoms with van der Waals surface area (Å²) >= 11 is 11.1. The van der Waals surface area contributed by atoms with E-state index in [1.54, 1.807) is 14.0 Å². The summed E-state index contributed by atoms with van der Waals surface area (Å²) in [6.07, 6.45) is 4.71. The smallest absolute Gasteiger partial charge is 0.350 e. The number of H-pyrrole nitrogens is 1. The van der Waals surface area contributed by atoms with Crippen molar-refractivity contribution in [1.29, 1.82) is 0 Å². The lowest BCUT2D eigenvalue weighted by molar-refractivity contribution is 0.0375. The van der Waals surface area contributed by atoms with Gasteiger partial charge in [0.1, 0.15) is 22.6 Å². The molecule has 1 aliphatic heterocycles. The Bertz CT molecular complexity index is 1340. The number of halogens is 2. The van der Waals surface area contributed by atoms with Crippen molar-refractivity contribution in [1.82, 2.24) is 24.7 Å². The summed E-state index contributed by atoms with van der Waals surface area (Å²) in [4.78, 5) is 40.9. The van der Waals surface area contributed by atoms with Gasteiger partial charge in [0.15, 0.2) is 16.7 Å². The number of anilines is 1. The lowest BCUT2D eigenvalue weighted by Crippen LogP contribution is -2.45. The SMILES string of the molecule is CCOC(=O)c1sc(N2CC[C@@H](CC(=O)c3[nH]c(C)c(Br)c3Cl)[C@@H](OC)C2)nc1-c1ncnn1CC1CC1. The van der Waals surface area contributed by atoms with E-state index < -0.39 is 5.97 Å². The zero-order valence-corrected chi connectivity index (χ0v) is 24.7. The molecule has 2 atom stereocenters. The fraction of sp³-hybridized carbons (Fsp3) is 0.560. The van der Waals surface area contributed by atoms with Crippen LogP contribution in [0.1, 0.15) is 58.5 Å². The van der Waals surface area contributed by atoms with E-state index in [1.165, 1.54) is 30.5 Å². The average Bonchev–Trinajstić information content (AvgIpc) is 3.31. The van der Waals surface area contributed by atoms with Gasteiger partial charge in [-0.3, -0.25) is 4.79 Å². The molecule has 10 nitrogen and oxygen atoms in total. The molecule has 1 N–H and O–H groups in total. The Labute approximate surface area is 238 Å². The molecule has 0 unspecified atom stereocenters. The molecule has 3 aromatic heterocycles. The molecular weight excluding hydrogens is 596 g/mol. The highest BCUT2D eigenvalue weighted by Gasteiger charge is 2.35.